The Bertz CT molecular complexity index is 274. The molecule has 0 bridgehead atoms. The Morgan fingerprint density at radius 1 is 1.07 bits per heavy atom. The molecular weight excluding hydrogens is 248 g/mol. The number of aryl methyl sites for hydroxylation is 1. The first-order valence-electron chi connectivity index (χ1n) is 5.83. The number of alkyl halides is 1. The molecule has 0 N–H and O–H groups in total. The van der Waals surface area contributed by atoms with Crippen molar-refractivity contribution >= 4 is 15.9 Å². The van der Waals surface area contributed by atoms with Crippen molar-refractivity contribution in [2.24, 2.45) is 5.92 Å². The number of hydrogen-bond acceptors (Lipinski definition) is 0. The van der Waals surface area contributed by atoms with Gasteiger partial charge in [0.1, 0.15) is 0 Å². The molecule has 15 heavy (non-hydrogen) atoms. The highest BCUT2D eigenvalue weighted by Crippen LogP contribution is 2.17. The summed E-state index contributed by atoms with van der Waals surface area (Å²) in [7, 11) is 0. The van der Waals surface area contributed by atoms with Crippen LogP contribution >= 0.6 is 15.9 Å². The van der Waals surface area contributed by atoms with Crippen molar-refractivity contribution in [1.82, 2.24) is 0 Å². The van der Waals surface area contributed by atoms with Gasteiger partial charge in [0.05, 0.1) is 0 Å². The van der Waals surface area contributed by atoms with Gasteiger partial charge in [-0.3, -0.25) is 0 Å². The summed E-state index contributed by atoms with van der Waals surface area (Å²) in [5.74, 6) is 0.756. The molecule has 1 aromatic rings. The third-order valence-electron chi connectivity index (χ3n) is 2.74. The highest BCUT2D eigenvalue weighted by atomic mass is 79.9. The van der Waals surface area contributed by atoms with Gasteiger partial charge in [0.25, 0.3) is 0 Å². The van der Waals surface area contributed by atoms with E-state index in [0.29, 0.717) is 4.83 Å². The van der Waals surface area contributed by atoms with Crippen LogP contribution in [0.15, 0.2) is 24.3 Å². The molecule has 0 aliphatic carbocycles. The normalized spacial score (nSPS) is 14.9. The monoisotopic (exact) mass is 268 g/mol. The van der Waals surface area contributed by atoms with Crippen LogP contribution in [0.3, 0.4) is 0 Å². The SMILES string of the molecule is CCc1ccc(CC(C)CC(C)Br)cc1. The van der Waals surface area contributed by atoms with Crippen LogP contribution in [0.2, 0.25) is 0 Å². The maximum atomic E-state index is 3.61. The van der Waals surface area contributed by atoms with Gasteiger partial charge in [0.2, 0.25) is 0 Å². The Hall–Kier alpha value is -0.300. The summed E-state index contributed by atoms with van der Waals surface area (Å²) in [4.78, 5) is 0.627. The van der Waals surface area contributed by atoms with E-state index in [2.05, 4.69) is 61.0 Å². The second-order valence-corrected chi connectivity index (χ2v) is 6.06. The van der Waals surface area contributed by atoms with Crippen molar-refractivity contribution in [3.63, 3.8) is 0 Å². The minimum Gasteiger partial charge on any atom is -0.0894 e. The summed E-state index contributed by atoms with van der Waals surface area (Å²) >= 11 is 3.61. The number of rotatable bonds is 5. The Balaban J connectivity index is 2.49. The molecule has 0 aliphatic heterocycles. The van der Waals surface area contributed by atoms with Crippen molar-refractivity contribution < 1.29 is 0 Å². The molecular formula is C14H21Br. The minimum absolute atomic E-state index is 0.627. The molecule has 0 radical (unpaired) electrons. The van der Waals surface area contributed by atoms with E-state index < -0.39 is 0 Å². The molecule has 0 heterocycles. The van der Waals surface area contributed by atoms with Gasteiger partial charge < -0.3 is 0 Å². The van der Waals surface area contributed by atoms with Crippen LogP contribution in [0, 0.1) is 5.92 Å². The van der Waals surface area contributed by atoms with Crippen LogP contribution in [0.4, 0.5) is 0 Å². The van der Waals surface area contributed by atoms with Gasteiger partial charge in [-0.2, -0.15) is 0 Å². The molecule has 0 aromatic heterocycles. The Morgan fingerprint density at radius 2 is 1.60 bits per heavy atom. The first-order valence-corrected chi connectivity index (χ1v) is 6.75. The van der Waals surface area contributed by atoms with Gasteiger partial charge in [-0.15, -0.1) is 0 Å². The molecule has 1 heteroatoms. The first-order chi connectivity index (χ1) is 7.11. The lowest BCUT2D eigenvalue weighted by molar-refractivity contribution is 0.533. The van der Waals surface area contributed by atoms with Crippen molar-refractivity contribution in [3.05, 3.63) is 35.4 Å². The maximum Gasteiger partial charge on any atom is 0.0120 e. The van der Waals surface area contributed by atoms with Gasteiger partial charge in [0, 0.05) is 4.83 Å². The molecule has 0 spiro atoms. The Morgan fingerprint density at radius 3 is 2.07 bits per heavy atom. The standard InChI is InChI=1S/C14H21Br/c1-4-13-5-7-14(8-6-13)10-11(2)9-12(3)15/h5-8,11-12H,4,9-10H2,1-3H3. The lowest BCUT2D eigenvalue weighted by Gasteiger charge is -2.13. The average Bonchev–Trinajstić information content (AvgIpc) is 2.17. The van der Waals surface area contributed by atoms with Gasteiger partial charge >= 0.3 is 0 Å². The van der Waals surface area contributed by atoms with Crippen molar-refractivity contribution in [3.8, 4) is 0 Å². The summed E-state index contributed by atoms with van der Waals surface area (Å²) in [6.07, 6.45) is 3.57. The summed E-state index contributed by atoms with van der Waals surface area (Å²) in [6.45, 7) is 6.74. The van der Waals surface area contributed by atoms with Crippen molar-refractivity contribution in [2.45, 2.75) is 44.9 Å². The van der Waals surface area contributed by atoms with E-state index in [4.69, 9.17) is 0 Å². The zero-order chi connectivity index (χ0) is 11.3. The van der Waals surface area contributed by atoms with E-state index in [1.54, 1.807) is 0 Å². The van der Waals surface area contributed by atoms with E-state index in [9.17, 15) is 0 Å². The van der Waals surface area contributed by atoms with Gasteiger partial charge in [-0.25, -0.2) is 0 Å². The van der Waals surface area contributed by atoms with Crippen LogP contribution < -0.4 is 0 Å². The van der Waals surface area contributed by atoms with E-state index in [-0.39, 0.29) is 0 Å². The third kappa shape index (κ3) is 4.83. The quantitative estimate of drug-likeness (QED) is 0.685. The second kappa shape index (κ2) is 6.32. The van der Waals surface area contributed by atoms with Crippen LogP contribution in [0.5, 0.6) is 0 Å². The summed E-state index contributed by atoms with van der Waals surface area (Å²) in [5, 5.41) is 0. The highest BCUT2D eigenvalue weighted by molar-refractivity contribution is 9.09. The van der Waals surface area contributed by atoms with Crippen LogP contribution in [-0.4, -0.2) is 4.83 Å². The highest BCUT2D eigenvalue weighted by Gasteiger charge is 2.06. The molecule has 0 saturated carbocycles. The summed E-state index contributed by atoms with van der Waals surface area (Å²) < 4.78 is 0. The molecule has 1 rings (SSSR count). The first kappa shape index (κ1) is 12.8. The molecule has 2 unspecified atom stereocenters. The molecule has 2 atom stereocenters. The van der Waals surface area contributed by atoms with Crippen LogP contribution in [0.1, 0.15) is 38.3 Å². The Kier molecular flexibility index (Phi) is 5.38. The Labute approximate surface area is 102 Å². The van der Waals surface area contributed by atoms with E-state index in [0.717, 1.165) is 12.3 Å². The van der Waals surface area contributed by atoms with Crippen LogP contribution in [0.25, 0.3) is 0 Å². The average molecular weight is 269 g/mol. The fourth-order valence-electron chi connectivity index (χ4n) is 1.95. The lowest BCUT2D eigenvalue weighted by Crippen LogP contribution is -2.05. The summed E-state index contributed by atoms with van der Waals surface area (Å²) in [6, 6.07) is 9.04. The topological polar surface area (TPSA) is 0 Å². The summed E-state index contributed by atoms with van der Waals surface area (Å²) in [5.41, 5.74) is 2.90. The van der Waals surface area contributed by atoms with Gasteiger partial charge in [-0.05, 0) is 36.3 Å². The molecule has 84 valence electrons. The predicted octanol–water partition coefficient (Wildman–Crippen LogP) is 4.60. The van der Waals surface area contributed by atoms with Crippen LogP contribution in [-0.2, 0) is 12.8 Å². The van der Waals surface area contributed by atoms with Crippen molar-refractivity contribution in [1.29, 1.82) is 0 Å². The maximum absolute atomic E-state index is 3.61. The fraction of sp³-hybridized carbons (Fsp3) is 0.571. The lowest BCUT2D eigenvalue weighted by atomic mass is 9.96. The molecule has 0 amide bonds. The number of benzene rings is 1. The number of hydrogen-bond donors (Lipinski definition) is 0. The molecule has 0 fully saturated rings. The fourth-order valence-corrected chi connectivity index (χ4v) is 2.59. The van der Waals surface area contributed by atoms with Gasteiger partial charge in [0.15, 0.2) is 0 Å². The van der Waals surface area contributed by atoms with Crippen molar-refractivity contribution in [2.75, 3.05) is 0 Å². The zero-order valence-corrected chi connectivity index (χ0v) is 11.5. The predicted molar refractivity (Wildman–Crippen MR) is 71.7 cm³/mol. The second-order valence-electron chi connectivity index (χ2n) is 4.50. The third-order valence-corrected chi connectivity index (χ3v) is 3.12. The van der Waals surface area contributed by atoms with Gasteiger partial charge in [-0.1, -0.05) is 61.0 Å². The van der Waals surface area contributed by atoms with E-state index >= 15 is 0 Å². The molecule has 1 aromatic carbocycles. The zero-order valence-electron chi connectivity index (χ0n) is 9.96. The smallest absolute Gasteiger partial charge is 0.0120 e. The van der Waals surface area contributed by atoms with E-state index in [1.165, 1.54) is 24.0 Å². The molecule has 0 aliphatic rings. The largest absolute Gasteiger partial charge is 0.0894 e. The number of halogens is 1. The molecule has 0 nitrogen and oxygen atoms in total. The minimum atomic E-state index is 0.627. The van der Waals surface area contributed by atoms with E-state index in [1.807, 2.05) is 0 Å². The molecule has 0 saturated heterocycles.